The third kappa shape index (κ3) is 4.53. The van der Waals surface area contributed by atoms with Gasteiger partial charge in [0.15, 0.2) is 0 Å². The van der Waals surface area contributed by atoms with E-state index in [1.807, 2.05) is 5.38 Å². The van der Waals surface area contributed by atoms with Crippen LogP contribution in [0.4, 0.5) is 13.2 Å². The highest BCUT2D eigenvalue weighted by Crippen LogP contribution is 2.34. The average molecular weight is 268 g/mol. The van der Waals surface area contributed by atoms with E-state index in [0.29, 0.717) is 12.2 Å². The van der Waals surface area contributed by atoms with Gasteiger partial charge in [-0.25, -0.2) is 0 Å². The first-order valence-electron chi connectivity index (χ1n) is 5.12. The van der Waals surface area contributed by atoms with Crippen molar-refractivity contribution in [2.75, 3.05) is 7.11 Å². The van der Waals surface area contributed by atoms with E-state index >= 15 is 0 Å². The number of rotatable bonds is 6. The van der Waals surface area contributed by atoms with Crippen LogP contribution in [0.15, 0.2) is 11.4 Å². The van der Waals surface area contributed by atoms with E-state index < -0.39 is 12.6 Å². The maximum absolute atomic E-state index is 12.0. The second-order valence-corrected chi connectivity index (χ2v) is 4.53. The van der Waals surface area contributed by atoms with Gasteiger partial charge in [0.1, 0.15) is 5.75 Å². The summed E-state index contributed by atoms with van der Waals surface area (Å²) in [6.07, 6.45) is -4.54. The number of nitrogens with two attached hydrogens (primary N) is 1. The van der Waals surface area contributed by atoms with E-state index in [2.05, 4.69) is 5.43 Å². The SMILES string of the molecule is COc1ccsc1C(CCCC(F)(F)F)NN. The average Bonchev–Trinajstić information content (AvgIpc) is 2.70. The van der Waals surface area contributed by atoms with Gasteiger partial charge in [0.2, 0.25) is 0 Å². The number of alkyl halides is 3. The van der Waals surface area contributed by atoms with E-state index in [1.165, 1.54) is 18.4 Å². The molecule has 0 aliphatic rings. The van der Waals surface area contributed by atoms with Crippen molar-refractivity contribution >= 4 is 11.3 Å². The van der Waals surface area contributed by atoms with Gasteiger partial charge in [0, 0.05) is 6.42 Å². The number of ether oxygens (including phenoxy) is 1. The quantitative estimate of drug-likeness (QED) is 0.616. The molecule has 1 aromatic heterocycles. The molecule has 0 aliphatic carbocycles. The number of hydrazine groups is 1. The molecule has 0 amide bonds. The standard InChI is InChI=1S/C10H15F3N2OS/c1-16-8-4-6-17-9(8)7(15-14)3-2-5-10(11,12)13/h4,6-7,15H,2-3,5,14H2,1H3. The Hall–Kier alpha value is -0.790. The Labute approximate surface area is 102 Å². The van der Waals surface area contributed by atoms with E-state index in [1.54, 1.807) is 6.07 Å². The molecule has 1 aromatic rings. The zero-order valence-electron chi connectivity index (χ0n) is 9.38. The highest BCUT2D eigenvalue weighted by atomic mass is 32.1. The van der Waals surface area contributed by atoms with Crippen LogP contribution >= 0.6 is 11.3 Å². The van der Waals surface area contributed by atoms with Crippen molar-refractivity contribution in [3.8, 4) is 5.75 Å². The summed E-state index contributed by atoms with van der Waals surface area (Å²) in [6.45, 7) is 0. The Balaban J connectivity index is 2.54. The summed E-state index contributed by atoms with van der Waals surface area (Å²) in [4.78, 5) is 0.831. The van der Waals surface area contributed by atoms with Gasteiger partial charge in [0.25, 0.3) is 0 Å². The summed E-state index contributed by atoms with van der Waals surface area (Å²) in [5, 5.41) is 1.82. The third-order valence-electron chi connectivity index (χ3n) is 2.35. The Morgan fingerprint density at radius 2 is 2.24 bits per heavy atom. The van der Waals surface area contributed by atoms with Crippen LogP contribution in [0.5, 0.6) is 5.75 Å². The molecule has 0 spiro atoms. The number of hydrogen-bond acceptors (Lipinski definition) is 4. The monoisotopic (exact) mass is 268 g/mol. The van der Waals surface area contributed by atoms with Crippen LogP contribution < -0.4 is 16.0 Å². The summed E-state index contributed by atoms with van der Waals surface area (Å²) in [5.74, 6) is 6.01. The molecule has 0 saturated heterocycles. The summed E-state index contributed by atoms with van der Waals surface area (Å²) < 4.78 is 41.2. The van der Waals surface area contributed by atoms with Gasteiger partial charge < -0.3 is 4.74 Å². The van der Waals surface area contributed by atoms with Crippen molar-refractivity contribution in [3.05, 3.63) is 16.3 Å². The minimum absolute atomic E-state index is 0.0411. The number of nitrogens with one attached hydrogen (secondary N) is 1. The van der Waals surface area contributed by atoms with E-state index in [-0.39, 0.29) is 12.5 Å². The minimum atomic E-state index is -4.11. The molecule has 0 saturated carbocycles. The van der Waals surface area contributed by atoms with Crippen molar-refractivity contribution in [1.29, 1.82) is 0 Å². The molecular weight excluding hydrogens is 253 g/mol. The van der Waals surface area contributed by atoms with Crippen molar-refractivity contribution in [2.24, 2.45) is 5.84 Å². The molecule has 0 radical (unpaired) electrons. The molecule has 17 heavy (non-hydrogen) atoms. The number of halogens is 3. The molecule has 1 atom stereocenters. The first-order chi connectivity index (χ1) is 7.98. The summed E-state index contributed by atoms with van der Waals surface area (Å²) in [5.41, 5.74) is 2.53. The first-order valence-corrected chi connectivity index (χ1v) is 6.00. The molecule has 0 bridgehead atoms. The predicted octanol–water partition coefficient (Wildman–Crippen LogP) is 2.99. The molecule has 98 valence electrons. The molecular formula is C10H15F3N2OS. The second-order valence-electron chi connectivity index (χ2n) is 3.58. The zero-order valence-corrected chi connectivity index (χ0v) is 10.2. The zero-order chi connectivity index (χ0) is 12.9. The Bertz CT molecular complexity index is 341. The molecule has 7 heteroatoms. The maximum atomic E-state index is 12.0. The largest absolute Gasteiger partial charge is 0.496 e. The van der Waals surface area contributed by atoms with E-state index in [4.69, 9.17) is 10.6 Å². The van der Waals surface area contributed by atoms with Gasteiger partial charge in [0.05, 0.1) is 18.0 Å². The molecule has 0 aromatic carbocycles. The number of hydrogen-bond donors (Lipinski definition) is 2. The lowest BCUT2D eigenvalue weighted by Crippen LogP contribution is -2.28. The van der Waals surface area contributed by atoms with Crippen LogP contribution in [0.3, 0.4) is 0 Å². The normalized spacial score (nSPS) is 13.7. The summed E-state index contributed by atoms with van der Waals surface area (Å²) in [7, 11) is 1.52. The molecule has 3 nitrogen and oxygen atoms in total. The third-order valence-corrected chi connectivity index (χ3v) is 3.36. The first kappa shape index (κ1) is 14.3. The molecule has 1 heterocycles. The van der Waals surface area contributed by atoms with Crippen LogP contribution in [0, 0.1) is 0 Å². The van der Waals surface area contributed by atoms with Crippen molar-refractivity contribution < 1.29 is 17.9 Å². The topological polar surface area (TPSA) is 47.3 Å². The predicted molar refractivity (Wildman–Crippen MR) is 60.8 cm³/mol. The van der Waals surface area contributed by atoms with Crippen LogP contribution in [-0.2, 0) is 0 Å². The lowest BCUT2D eigenvalue weighted by molar-refractivity contribution is -0.135. The number of methoxy groups -OCH3 is 1. The molecule has 1 unspecified atom stereocenters. The molecule has 0 fully saturated rings. The fourth-order valence-corrected chi connectivity index (χ4v) is 2.48. The van der Waals surface area contributed by atoms with Crippen LogP contribution in [0.25, 0.3) is 0 Å². The molecule has 0 aliphatic heterocycles. The van der Waals surface area contributed by atoms with Gasteiger partial charge in [-0.2, -0.15) is 13.2 Å². The van der Waals surface area contributed by atoms with Crippen molar-refractivity contribution in [3.63, 3.8) is 0 Å². The highest BCUT2D eigenvalue weighted by molar-refractivity contribution is 7.10. The van der Waals surface area contributed by atoms with Gasteiger partial charge in [-0.05, 0) is 24.3 Å². The van der Waals surface area contributed by atoms with Crippen molar-refractivity contribution in [2.45, 2.75) is 31.5 Å². The highest BCUT2D eigenvalue weighted by Gasteiger charge is 2.27. The second kappa shape index (κ2) is 6.23. The Morgan fingerprint density at radius 1 is 1.53 bits per heavy atom. The molecule has 1 rings (SSSR count). The maximum Gasteiger partial charge on any atom is 0.389 e. The fraction of sp³-hybridized carbons (Fsp3) is 0.600. The lowest BCUT2D eigenvalue weighted by Gasteiger charge is -2.16. The van der Waals surface area contributed by atoms with Gasteiger partial charge in [-0.1, -0.05) is 0 Å². The lowest BCUT2D eigenvalue weighted by atomic mass is 10.1. The number of thiophene rings is 1. The Kier molecular flexibility index (Phi) is 5.23. The van der Waals surface area contributed by atoms with Crippen LogP contribution in [0.2, 0.25) is 0 Å². The van der Waals surface area contributed by atoms with Crippen molar-refractivity contribution in [1.82, 2.24) is 5.43 Å². The van der Waals surface area contributed by atoms with Gasteiger partial charge in [-0.15, -0.1) is 11.3 Å². The van der Waals surface area contributed by atoms with E-state index in [0.717, 1.165) is 4.88 Å². The van der Waals surface area contributed by atoms with Crippen LogP contribution in [0.1, 0.15) is 30.2 Å². The van der Waals surface area contributed by atoms with E-state index in [9.17, 15) is 13.2 Å². The van der Waals surface area contributed by atoms with Gasteiger partial charge in [-0.3, -0.25) is 11.3 Å². The summed E-state index contributed by atoms with van der Waals surface area (Å²) in [6, 6.07) is 1.47. The molecule has 3 N–H and O–H groups in total. The summed E-state index contributed by atoms with van der Waals surface area (Å²) >= 11 is 1.42. The van der Waals surface area contributed by atoms with Crippen LogP contribution in [-0.4, -0.2) is 13.3 Å². The fourth-order valence-electron chi connectivity index (χ4n) is 1.53. The minimum Gasteiger partial charge on any atom is -0.496 e. The Morgan fingerprint density at radius 3 is 2.76 bits per heavy atom. The smallest absolute Gasteiger partial charge is 0.389 e. The van der Waals surface area contributed by atoms with Gasteiger partial charge >= 0.3 is 6.18 Å².